The van der Waals surface area contributed by atoms with Gasteiger partial charge >= 0.3 is 0 Å². The molecule has 1 aromatic carbocycles. The van der Waals surface area contributed by atoms with Crippen LogP contribution in [-0.2, 0) is 19.5 Å². The molecule has 24 heavy (non-hydrogen) atoms. The molecular weight excluding hydrogens is 328 g/mol. The van der Waals surface area contributed by atoms with Gasteiger partial charge in [-0.05, 0) is 36.0 Å². The minimum absolute atomic E-state index is 0.0840. The number of carbonyl (C=O) groups excluding carboxylic acids is 1. The van der Waals surface area contributed by atoms with Crippen LogP contribution in [0.3, 0.4) is 0 Å². The zero-order valence-electron chi connectivity index (χ0n) is 13.6. The molecule has 0 saturated carbocycles. The molecule has 0 bridgehead atoms. The molecule has 0 spiro atoms. The van der Waals surface area contributed by atoms with E-state index in [1.807, 2.05) is 18.2 Å². The van der Waals surface area contributed by atoms with E-state index in [-0.39, 0.29) is 23.5 Å². The number of hydrogen-bond donors (Lipinski definition) is 2. The topological polar surface area (TPSA) is 84.5 Å². The zero-order chi connectivity index (χ0) is 17.2. The third-order valence-electron chi connectivity index (χ3n) is 4.47. The molecule has 130 valence electrons. The maximum atomic E-state index is 11.5. The molecule has 0 radical (unpaired) electrons. The fourth-order valence-electron chi connectivity index (χ4n) is 3.05. The van der Waals surface area contributed by atoms with Crippen molar-refractivity contribution in [1.82, 2.24) is 10.8 Å². The average Bonchev–Trinajstić information content (AvgIpc) is 3.02. The molecule has 1 amide bonds. The summed E-state index contributed by atoms with van der Waals surface area (Å²) in [5.41, 5.74) is 5.96. The van der Waals surface area contributed by atoms with E-state index in [9.17, 15) is 13.2 Å². The summed E-state index contributed by atoms with van der Waals surface area (Å²) < 4.78 is 23.1. The summed E-state index contributed by atoms with van der Waals surface area (Å²) in [5, 5.41) is 2.72. The Kier molecular flexibility index (Phi) is 4.91. The molecule has 3 rings (SSSR count). The van der Waals surface area contributed by atoms with Gasteiger partial charge < -0.3 is 5.32 Å². The van der Waals surface area contributed by atoms with Crippen LogP contribution in [0.2, 0.25) is 0 Å². The van der Waals surface area contributed by atoms with E-state index in [4.69, 9.17) is 4.84 Å². The van der Waals surface area contributed by atoms with Gasteiger partial charge in [-0.15, -0.1) is 0 Å². The smallest absolute Gasteiger partial charge is 0.216 e. The first-order valence-corrected chi connectivity index (χ1v) is 9.94. The lowest BCUT2D eigenvalue weighted by molar-refractivity contribution is -0.119. The van der Waals surface area contributed by atoms with Crippen LogP contribution in [0.25, 0.3) is 5.70 Å². The quantitative estimate of drug-likeness (QED) is 0.856. The van der Waals surface area contributed by atoms with Crippen LogP contribution in [0.15, 0.2) is 30.3 Å². The van der Waals surface area contributed by atoms with Gasteiger partial charge in [0.15, 0.2) is 0 Å². The molecule has 1 aromatic rings. The maximum Gasteiger partial charge on any atom is 0.216 e. The Morgan fingerprint density at radius 3 is 2.54 bits per heavy atom. The SMILES string of the molecule is CC(=O)NCC1C=C(c2ccc(C3CCS(=O)(=O)CC3)cc2)NO1. The molecule has 1 atom stereocenters. The van der Waals surface area contributed by atoms with Crippen molar-refractivity contribution in [1.29, 1.82) is 0 Å². The summed E-state index contributed by atoms with van der Waals surface area (Å²) in [6.07, 6.45) is 3.15. The summed E-state index contributed by atoms with van der Waals surface area (Å²) in [5.74, 6) is 0.798. The van der Waals surface area contributed by atoms with Crippen LogP contribution >= 0.6 is 0 Å². The molecule has 2 aliphatic rings. The van der Waals surface area contributed by atoms with Gasteiger partial charge in [-0.25, -0.2) is 8.42 Å². The highest BCUT2D eigenvalue weighted by molar-refractivity contribution is 7.91. The Balaban J connectivity index is 1.63. The lowest BCUT2D eigenvalue weighted by Crippen LogP contribution is -2.30. The van der Waals surface area contributed by atoms with E-state index in [1.165, 1.54) is 12.5 Å². The Bertz CT molecular complexity index is 726. The first-order chi connectivity index (χ1) is 11.4. The molecule has 1 saturated heterocycles. The number of hydroxylamine groups is 1. The zero-order valence-corrected chi connectivity index (χ0v) is 14.4. The number of rotatable bonds is 4. The molecule has 0 aromatic heterocycles. The highest BCUT2D eigenvalue weighted by Gasteiger charge is 2.25. The molecule has 2 N–H and O–H groups in total. The van der Waals surface area contributed by atoms with Gasteiger partial charge in [0.2, 0.25) is 5.91 Å². The van der Waals surface area contributed by atoms with Crippen LogP contribution in [0.1, 0.15) is 36.8 Å². The van der Waals surface area contributed by atoms with Crippen molar-refractivity contribution in [2.24, 2.45) is 0 Å². The standard InChI is InChI=1S/C17H22N2O4S/c1-12(20)18-11-16-10-17(19-23-16)15-4-2-13(3-5-15)14-6-8-24(21,22)9-7-14/h2-5,10,14,16,19H,6-9,11H2,1H3,(H,18,20). The van der Waals surface area contributed by atoms with E-state index >= 15 is 0 Å². The summed E-state index contributed by atoms with van der Waals surface area (Å²) in [4.78, 5) is 16.4. The maximum absolute atomic E-state index is 11.5. The number of carbonyl (C=O) groups is 1. The van der Waals surface area contributed by atoms with E-state index < -0.39 is 9.84 Å². The fraction of sp³-hybridized carbons (Fsp3) is 0.471. The van der Waals surface area contributed by atoms with E-state index in [2.05, 4.69) is 22.9 Å². The van der Waals surface area contributed by atoms with Gasteiger partial charge in [-0.2, -0.15) is 0 Å². The second-order valence-electron chi connectivity index (χ2n) is 6.32. The number of benzene rings is 1. The second kappa shape index (κ2) is 6.94. The van der Waals surface area contributed by atoms with Crippen molar-refractivity contribution in [3.05, 3.63) is 41.5 Å². The molecule has 2 aliphatic heterocycles. The van der Waals surface area contributed by atoms with Crippen molar-refractivity contribution in [3.8, 4) is 0 Å². The van der Waals surface area contributed by atoms with Crippen molar-refractivity contribution in [2.45, 2.75) is 31.8 Å². The highest BCUT2D eigenvalue weighted by atomic mass is 32.2. The Hall–Kier alpha value is -1.86. The van der Waals surface area contributed by atoms with Gasteiger partial charge in [0.25, 0.3) is 0 Å². The van der Waals surface area contributed by atoms with Crippen molar-refractivity contribution >= 4 is 21.4 Å². The number of nitrogens with one attached hydrogen (secondary N) is 2. The van der Waals surface area contributed by atoms with E-state index in [0.29, 0.717) is 25.3 Å². The Labute approximate surface area is 142 Å². The minimum atomic E-state index is -2.83. The third kappa shape index (κ3) is 4.15. The van der Waals surface area contributed by atoms with Crippen molar-refractivity contribution in [3.63, 3.8) is 0 Å². The summed E-state index contributed by atoms with van der Waals surface area (Å²) in [6, 6.07) is 8.14. The van der Waals surface area contributed by atoms with Crippen LogP contribution < -0.4 is 10.8 Å². The normalized spacial score (nSPS) is 23.4. The predicted octanol–water partition coefficient (Wildman–Crippen LogP) is 1.36. The number of amides is 1. The Morgan fingerprint density at radius 1 is 1.25 bits per heavy atom. The largest absolute Gasteiger partial charge is 0.353 e. The van der Waals surface area contributed by atoms with Crippen LogP contribution in [0, 0.1) is 0 Å². The first-order valence-electron chi connectivity index (χ1n) is 8.11. The third-order valence-corrected chi connectivity index (χ3v) is 6.19. The average molecular weight is 350 g/mol. The minimum Gasteiger partial charge on any atom is -0.353 e. The van der Waals surface area contributed by atoms with E-state index in [1.54, 1.807) is 0 Å². The van der Waals surface area contributed by atoms with Crippen molar-refractivity contribution in [2.75, 3.05) is 18.1 Å². The predicted molar refractivity (Wildman–Crippen MR) is 91.7 cm³/mol. The highest BCUT2D eigenvalue weighted by Crippen LogP contribution is 2.30. The summed E-state index contributed by atoms with van der Waals surface area (Å²) in [6.45, 7) is 1.91. The van der Waals surface area contributed by atoms with Crippen LogP contribution in [-0.4, -0.2) is 38.5 Å². The van der Waals surface area contributed by atoms with E-state index in [0.717, 1.165) is 11.3 Å². The monoisotopic (exact) mass is 350 g/mol. The van der Waals surface area contributed by atoms with Gasteiger partial charge in [-0.3, -0.25) is 15.1 Å². The molecule has 7 heteroatoms. The lowest BCUT2D eigenvalue weighted by Gasteiger charge is -2.22. The molecule has 6 nitrogen and oxygen atoms in total. The molecule has 1 unspecified atom stereocenters. The summed E-state index contributed by atoms with van der Waals surface area (Å²) in [7, 11) is -2.83. The molecule has 0 aliphatic carbocycles. The van der Waals surface area contributed by atoms with Crippen LogP contribution in [0.4, 0.5) is 0 Å². The molecule has 2 heterocycles. The van der Waals surface area contributed by atoms with Gasteiger partial charge in [0.1, 0.15) is 15.9 Å². The second-order valence-corrected chi connectivity index (χ2v) is 8.63. The fourth-order valence-corrected chi connectivity index (χ4v) is 4.54. The lowest BCUT2D eigenvalue weighted by atomic mass is 9.92. The first kappa shape index (κ1) is 17.0. The number of sulfone groups is 1. The van der Waals surface area contributed by atoms with Crippen LogP contribution in [0.5, 0.6) is 0 Å². The number of hydrogen-bond acceptors (Lipinski definition) is 5. The van der Waals surface area contributed by atoms with Gasteiger partial charge in [0.05, 0.1) is 23.7 Å². The van der Waals surface area contributed by atoms with Gasteiger partial charge in [0, 0.05) is 6.92 Å². The Morgan fingerprint density at radius 2 is 1.92 bits per heavy atom. The van der Waals surface area contributed by atoms with Crippen molar-refractivity contribution < 1.29 is 18.0 Å². The van der Waals surface area contributed by atoms with Gasteiger partial charge in [-0.1, -0.05) is 24.3 Å². The molecule has 1 fully saturated rings. The summed E-state index contributed by atoms with van der Waals surface area (Å²) >= 11 is 0. The molecular formula is C17H22N2O4S.